The molecule has 3 rings (SSSR count). The molecule has 24 heavy (non-hydrogen) atoms. The van der Waals surface area contributed by atoms with Crippen molar-refractivity contribution in [2.45, 2.75) is 19.4 Å². The molecule has 0 aliphatic carbocycles. The molecule has 4 nitrogen and oxygen atoms in total. The first-order valence-electron chi connectivity index (χ1n) is 7.73. The van der Waals surface area contributed by atoms with Crippen molar-refractivity contribution >= 4 is 17.4 Å². The van der Waals surface area contributed by atoms with Gasteiger partial charge in [0, 0.05) is 35.9 Å². The Morgan fingerprint density at radius 1 is 1.04 bits per heavy atom. The summed E-state index contributed by atoms with van der Waals surface area (Å²) < 4.78 is 7.69. The molecule has 0 fully saturated rings. The highest BCUT2D eigenvalue weighted by atomic mass is 35.5. The summed E-state index contributed by atoms with van der Waals surface area (Å²) in [4.78, 5) is 16.2. The van der Waals surface area contributed by atoms with Crippen molar-refractivity contribution in [3.8, 4) is 11.5 Å². The molecule has 0 atom stereocenters. The summed E-state index contributed by atoms with van der Waals surface area (Å²) in [5, 5.41) is 0.666. The predicted octanol–water partition coefficient (Wildman–Crippen LogP) is 4.99. The van der Waals surface area contributed by atoms with Crippen molar-refractivity contribution in [1.82, 2.24) is 9.55 Å². The second-order valence-electron chi connectivity index (χ2n) is 5.41. The number of carbonyl (C=O) groups excluding carboxylic acids is 1. The molecule has 0 aliphatic heterocycles. The van der Waals surface area contributed by atoms with E-state index in [0.717, 1.165) is 13.0 Å². The van der Waals surface area contributed by atoms with Gasteiger partial charge in [0.15, 0.2) is 5.78 Å². The molecular formula is C19H17ClN2O2. The first kappa shape index (κ1) is 16.3. The van der Waals surface area contributed by atoms with E-state index in [1.54, 1.807) is 61.1 Å². The van der Waals surface area contributed by atoms with E-state index < -0.39 is 0 Å². The number of aryl methyl sites for hydroxylation is 1. The molecule has 0 aliphatic rings. The van der Waals surface area contributed by atoms with E-state index in [0.29, 0.717) is 28.5 Å². The lowest BCUT2D eigenvalue weighted by Gasteiger charge is -2.07. The maximum Gasteiger partial charge on any atom is 0.162 e. The number of hydrogen-bond donors (Lipinski definition) is 0. The minimum atomic E-state index is 0.133. The van der Waals surface area contributed by atoms with Crippen LogP contribution in [0.5, 0.6) is 11.5 Å². The lowest BCUT2D eigenvalue weighted by molar-refractivity contribution is 0.0978. The smallest absolute Gasteiger partial charge is 0.162 e. The van der Waals surface area contributed by atoms with Crippen molar-refractivity contribution in [3.05, 3.63) is 77.8 Å². The number of rotatable bonds is 7. The molecule has 0 amide bonds. The summed E-state index contributed by atoms with van der Waals surface area (Å²) in [5.41, 5.74) is 0.698. The molecule has 1 aromatic heterocycles. The number of halogens is 1. The van der Waals surface area contributed by atoms with Gasteiger partial charge in [-0.3, -0.25) is 4.79 Å². The van der Waals surface area contributed by atoms with Crippen LogP contribution in [0.25, 0.3) is 0 Å². The molecule has 0 radical (unpaired) electrons. The lowest BCUT2D eigenvalue weighted by atomic mass is 10.1. The summed E-state index contributed by atoms with van der Waals surface area (Å²) in [6.07, 6.45) is 6.69. The van der Waals surface area contributed by atoms with Gasteiger partial charge in [-0.15, -0.1) is 0 Å². The van der Waals surface area contributed by atoms with Crippen LogP contribution in [0.15, 0.2) is 67.3 Å². The minimum Gasteiger partial charge on any atom is -0.457 e. The fourth-order valence-corrected chi connectivity index (χ4v) is 2.46. The summed E-state index contributed by atoms with van der Waals surface area (Å²) in [6, 6.07) is 14.4. The Labute approximate surface area is 145 Å². The number of imidazole rings is 1. The van der Waals surface area contributed by atoms with Gasteiger partial charge in [0.1, 0.15) is 11.5 Å². The fourth-order valence-electron chi connectivity index (χ4n) is 2.33. The fraction of sp³-hybridized carbons (Fsp3) is 0.158. The molecule has 0 saturated carbocycles. The molecule has 0 unspecified atom stereocenters. The van der Waals surface area contributed by atoms with Crippen molar-refractivity contribution in [2.75, 3.05) is 0 Å². The van der Waals surface area contributed by atoms with Crippen LogP contribution in [0, 0.1) is 0 Å². The van der Waals surface area contributed by atoms with Gasteiger partial charge >= 0.3 is 0 Å². The summed E-state index contributed by atoms with van der Waals surface area (Å²) in [6.45, 7) is 0.795. The maximum atomic E-state index is 12.2. The number of benzene rings is 2. The number of ether oxygens (including phenoxy) is 1. The molecule has 122 valence electrons. The monoisotopic (exact) mass is 340 g/mol. The Balaban J connectivity index is 1.53. The molecule has 0 N–H and O–H groups in total. The topological polar surface area (TPSA) is 44.1 Å². The molecule has 2 aromatic carbocycles. The highest BCUT2D eigenvalue weighted by Gasteiger charge is 2.06. The van der Waals surface area contributed by atoms with Gasteiger partial charge in [-0.05, 0) is 55.0 Å². The predicted molar refractivity (Wildman–Crippen MR) is 93.8 cm³/mol. The van der Waals surface area contributed by atoms with Crippen LogP contribution in [0.1, 0.15) is 23.2 Å². The van der Waals surface area contributed by atoms with Gasteiger partial charge in [-0.25, -0.2) is 4.98 Å². The van der Waals surface area contributed by atoms with E-state index in [1.807, 2.05) is 10.8 Å². The van der Waals surface area contributed by atoms with Crippen LogP contribution in [0.3, 0.4) is 0 Å². The SMILES string of the molecule is O=C(CCCn1ccnc1)c1ccc(Oc2ccc(Cl)cc2)cc1. The number of ketones is 1. The van der Waals surface area contributed by atoms with Crippen LogP contribution in [0.4, 0.5) is 0 Å². The van der Waals surface area contributed by atoms with E-state index in [4.69, 9.17) is 16.3 Å². The lowest BCUT2D eigenvalue weighted by Crippen LogP contribution is -2.02. The molecule has 1 heterocycles. The first-order valence-corrected chi connectivity index (χ1v) is 8.11. The van der Waals surface area contributed by atoms with Gasteiger partial charge in [-0.2, -0.15) is 0 Å². The zero-order valence-electron chi connectivity index (χ0n) is 13.1. The summed E-state index contributed by atoms with van der Waals surface area (Å²) in [5.74, 6) is 1.53. The number of nitrogens with zero attached hydrogens (tertiary/aromatic N) is 2. The third-order valence-corrected chi connectivity index (χ3v) is 3.86. The van der Waals surface area contributed by atoms with Crippen LogP contribution in [-0.2, 0) is 6.54 Å². The van der Waals surface area contributed by atoms with Crippen molar-refractivity contribution in [3.63, 3.8) is 0 Å². The molecular weight excluding hydrogens is 324 g/mol. The van der Waals surface area contributed by atoms with Gasteiger partial charge < -0.3 is 9.30 Å². The maximum absolute atomic E-state index is 12.2. The zero-order chi connectivity index (χ0) is 16.8. The quantitative estimate of drug-likeness (QED) is 0.569. The Morgan fingerprint density at radius 2 is 1.71 bits per heavy atom. The second-order valence-corrected chi connectivity index (χ2v) is 5.84. The van der Waals surface area contributed by atoms with E-state index in [1.165, 1.54) is 0 Å². The molecule has 0 saturated heterocycles. The highest BCUT2D eigenvalue weighted by Crippen LogP contribution is 2.23. The van der Waals surface area contributed by atoms with Crippen LogP contribution < -0.4 is 4.74 Å². The molecule has 0 bridgehead atoms. The van der Waals surface area contributed by atoms with Crippen LogP contribution >= 0.6 is 11.6 Å². The molecule has 3 aromatic rings. The average Bonchev–Trinajstić information content (AvgIpc) is 3.11. The van der Waals surface area contributed by atoms with Crippen molar-refractivity contribution in [1.29, 1.82) is 0 Å². The normalized spacial score (nSPS) is 10.5. The minimum absolute atomic E-state index is 0.133. The van der Waals surface area contributed by atoms with Gasteiger partial charge in [0.2, 0.25) is 0 Å². The van der Waals surface area contributed by atoms with Gasteiger partial charge in [0.05, 0.1) is 6.33 Å². The summed E-state index contributed by atoms with van der Waals surface area (Å²) in [7, 11) is 0. The van der Waals surface area contributed by atoms with Gasteiger partial charge in [-0.1, -0.05) is 11.6 Å². The summed E-state index contributed by atoms with van der Waals surface area (Å²) >= 11 is 5.85. The number of hydrogen-bond acceptors (Lipinski definition) is 3. The number of aromatic nitrogens is 2. The van der Waals surface area contributed by atoms with Crippen molar-refractivity contribution in [2.24, 2.45) is 0 Å². The number of carbonyl (C=O) groups is 1. The van der Waals surface area contributed by atoms with E-state index in [2.05, 4.69) is 4.98 Å². The Hall–Kier alpha value is -2.59. The van der Waals surface area contributed by atoms with E-state index in [-0.39, 0.29) is 5.78 Å². The Kier molecular flexibility index (Phi) is 5.29. The zero-order valence-corrected chi connectivity index (χ0v) is 13.8. The third-order valence-electron chi connectivity index (χ3n) is 3.60. The number of Topliss-reactive ketones (excluding diaryl/α,β-unsaturated/α-hetero) is 1. The average molecular weight is 341 g/mol. The van der Waals surface area contributed by atoms with E-state index in [9.17, 15) is 4.79 Å². The van der Waals surface area contributed by atoms with Crippen molar-refractivity contribution < 1.29 is 9.53 Å². The van der Waals surface area contributed by atoms with Crippen LogP contribution in [0.2, 0.25) is 5.02 Å². The molecule has 5 heteroatoms. The van der Waals surface area contributed by atoms with Crippen LogP contribution in [-0.4, -0.2) is 15.3 Å². The second kappa shape index (κ2) is 7.79. The van der Waals surface area contributed by atoms with Gasteiger partial charge in [0.25, 0.3) is 0 Å². The Bertz CT molecular complexity index is 781. The first-order chi connectivity index (χ1) is 11.7. The molecule has 0 spiro atoms. The highest BCUT2D eigenvalue weighted by molar-refractivity contribution is 6.30. The Morgan fingerprint density at radius 3 is 2.33 bits per heavy atom. The third kappa shape index (κ3) is 4.46. The largest absolute Gasteiger partial charge is 0.457 e. The van der Waals surface area contributed by atoms with E-state index >= 15 is 0 Å². The standard InChI is InChI=1S/C19H17ClN2O2/c20-16-5-9-18(10-6-16)24-17-7-3-15(4-8-17)19(23)2-1-12-22-13-11-21-14-22/h3-11,13-14H,1-2,12H2.